The lowest BCUT2D eigenvalue weighted by molar-refractivity contribution is -0.0233. The fourth-order valence-corrected chi connectivity index (χ4v) is 2.74. The van der Waals surface area contributed by atoms with E-state index in [0.717, 1.165) is 36.3 Å². The van der Waals surface area contributed by atoms with Crippen molar-refractivity contribution in [2.24, 2.45) is 0 Å². The van der Waals surface area contributed by atoms with Gasteiger partial charge in [0.25, 0.3) is 0 Å². The molecular formula is C15H22O3. The second-order valence-corrected chi connectivity index (χ2v) is 5.01. The molecule has 0 amide bonds. The van der Waals surface area contributed by atoms with Gasteiger partial charge in [-0.3, -0.25) is 0 Å². The molecule has 1 aliphatic rings. The van der Waals surface area contributed by atoms with Crippen molar-refractivity contribution >= 4 is 0 Å². The third-order valence-electron chi connectivity index (χ3n) is 3.82. The van der Waals surface area contributed by atoms with Gasteiger partial charge in [-0.05, 0) is 25.0 Å². The number of benzene rings is 1. The number of ether oxygens (including phenoxy) is 2. The zero-order chi connectivity index (χ0) is 13.2. The van der Waals surface area contributed by atoms with Crippen LogP contribution in [0.3, 0.4) is 0 Å². The van der Waals surface area contributed by atoms with Gasteiger partial charge in [-0.15, -0.1) is 0 Å². The first kappa shape index (κ1) is 13.2. The van der Waals surface area contributed by atoms with Gasteiger partial charge in [0, 0.05) is 18.1 Å². The van der Waals surface area contributed by atoms with Gasteiger partial charge in [0.05, 0.1) is 13.2 Å². The minimum Gasteiger partial charge on any atom is -0.497 e. The topological polar surface area (TPSA) is 38.7 Å². The van der Waals surface area contributed by atoms with Crippen molar-refractivity contribution in [2.75, 3.05) is 7.11 Å². The van der Waals surface area contributed by atoms with E-state index in [4.69, 9.17) is 9.47 Å². The van der Waals surface area contributed by atoms with Gasteiger partial charge in [-0.1, -0.05) is 20.3 Å². The highest BCUT2D eigenvalue weighted by atomic mass is 16.5. The Morgan fingerprint density at radius 3 is 2.83 bits per heavy atom. The second-order valence-electron chi connectivity index (χ2n) is 5.01. The first-order valence-electron chi connectivity index (χ1n) is 6.69. The van der Waals surface area contributed by atoms with E-state index in [1.165, 1.54) is 0 Å². The maximum absolute atomic E-state index is 10.3. The summed E-state index contributed by atoms with van der Waals surface area (Å²) in [6, 6.07) is 5.63. The molecule has 2 atom stereocenters. The summed E-state index contributed by atoms with van der Waals surface area (Å²) in [5.74, 6) is 1.53. The van der Waals surface area contributed by atoms with Crippen molar-refractivity contribution in [3.05, 3.63) is 23.8 Å². The average Bonchev–Trinajstić information content (AvgIpc) is 2.38. The summed E-state index contributed by atoms with van der Waals surface area (Å²) < 4.78 is 11.4. The molecule has 1 aromatic rings. The summed E-state index contributed by atoms with van der Waals surface area (Å²) in [5, 5.41) is 10.3. The fraction of sp³-hybridized carbons (Fsp3) is 0.600. The van der Waals surface area contributed by atoms with Gasteiger partial charge in [0.2, 0.25) is 0 Å². The largest absolute Gasteiger partial charge is 0.497 e. The van der Waals surface area contributed by atoms with Crippen molar-refractivity contribution in [1.29, 1.82) is 0 Å². The molecule has 18 heavy (non-hydrogen) atoms. The molecule has 0 bridgehead atoms. The van der Waals surface area contributed by atoms with Gasteiger partial charge in [-0.25, -0.2) is 0 Å². The molecule has 0 spiro atoms. The van der Waals surface area contributed by atoms with Crippen LogP contribution in [0.15, 0.2) is 18.2 Å². The van der Waals surface area contributed by atoms with Crippen molar-refractivity contribution < 1.29 is 14.6 Å². The van der Waals surface area contributed by atoms with E-state index >= 15 is 0 Å². The van der Waals surface area contributed by atoms with E-state index in [1.54, 1.807) is 7.11 Å². The Morgan fingerprint density at radius 2 is 2.22 bits per heavy atom. The quantitative estimate of drug-likeness (QED) is 0.889. The predicted octanol–water partition coefficient (Wildman–Crippen LogP) is 3.46. The van der Waals surface area contributed by atoms with Crippen LogP contribution in [0, 0.1) is 0 Å². The Hall–Kier alpha value is -1.22. The van der Waals surface area contributed by atoms with E-state index in [-0.39, 0.29) is 5.60 Å². The Balaban J connectivity index is 2.35. The lowest BCUT2D eigenvalue weighted by atomic mass is 9.83. The number of hydrogen-bond donors (Lipinski definition) is 1. The lowest BCUT2D eigenvalue weighted by Crippen LogP contribution is -2.40. The summed E-state index contributed by atoms with van der Waals surface area (Å²) in [4.78, 5) is 0. The number of aliphatic hydroxyl groups excluding tert-OH is 1. The van der Waals surface area contributed by atoms with Crippen molar-refractivity contribution in [3.8, 4) is 11.5 Å². The zero-order valence-corrected chi connectivity index (χ0v) is 11.4. The molecule has 0 saturated carbocycles. The maximum Gasteiger partial charge on any atom is 0.129 e. The zero-order valence-electron chi connectivity index (χ0n) is 11.4. The summed E-state index contributed by atoms with van der Waals surface area (Å²) in [6.07, 6.45) is 3.17. The first-order chi connectivity index (χ1) is 8.64. The number of fused-ring (bicyclic) bond motifs is 1. The molecule has 1 unspecified atom stereocenters. The molecule has 1 N–H and O–H groups in total. The van der Waals surface area contributed by atoms with Gasteiger partial charge < -0.3 is 14.6 Å². The van der Waals surface area contributed by atoms with Crippen LogP contribution in [-0.4, -0.2) is 17.8 Å². The van der Waals surface area contributed by atoms with E-state index in [1.807, 2.05) is 18.2 Å². The molecule has 0 fully saturated rings. The van der Waals surface area contributed by atoms with E-state index in [9.17, 15) is 5.11 Å². The molecule has 0 radical (unpaired) electrons. The maximum atomic E-state index is 10.3. The number of methoxy groups -OCH3 is 1. The van der Waals surface area contributed by atoms with E-state index in [0.29, 0.717) is 6.42 Å². The summed E-state index contributed by atoms with van der Waals surface area (Å²) in [7, 11) is 1.64. The summed E-state index contributed by atoms with van der Waals surface area (Å²) >= 11 is 0. The third-order valence-corrected chi connectivity index (χ3v) is 3.82. The first-order valence-corrected chi connectivity index (χ1v) is 6.69. The van der Waals surface area contributed by atoms with Crippen molar-refractivity contribution in [3.63, 3.8) is 0 Å². The van der Waals surface area contributed by atoms with E-state index < -0.39 is 6.10 Å². The van der Waals surface area contributed by atoms with Crippen LogP contribution >= 0.6 is 0 Å². The Morgan fingerprint density at radius 1 is 1.44 bits per heavy atom. The normalized spacial score (nSPS) is 26.3. The SMILES string of the molecule is CCCC1(CC)C[C@@H](O)c2ccc(OC)cc2O1. The number of aliphatic hydroxyl groups is 1. The monoisotopic (exact) mass is 250 g/mol. The van der Waals surface area contributed by atoms with Crippen LogP contribution in [0.5, 0.6) is 11.5 Å². The number of hydrogen-bond acceptors (Lipinski definition) is 3. The molecular weight excluding hydrogens is 228 g/mol. The highest BCUT2D eigenvalue weighted by molar-refractivity contribution is 5.44. The van der Waals surface area contributed by atoms with Crippen molar-refractivity contribution in [2.45, 2.75) is 51.2 Å². The molecule has 3 nitrogen and oxygen atoms in total. The molecule has 1 aromatic carbocycles. The van der Waals surface area contributed by atoms with Gasteiger partial charge in [0.1, 0.15) is 17.1 Å². The Labute approximate surface area is 109 Å². The van der Waals surface area contributed by atoms with Gasteiger partial charge >= 0.3 is 0 Å². The standard InChI is InChI=1S/C15H22O3/c1-4-8-15(5-2)10-13(16)12-7-6-11(17-3)9-14(12)18-15/h6-7,9,13,16H,4-5,8,10H2,1-3H3/t13-,15?/m1/s1. The molecule has 1 heterocycles. The molecule has 1 aliphatic heterocycles. The molecule has 0 aliphatic carbocycles. The lowest BCUT2D eigenvalue weighted by Gasteiger charge is -2.40. The molecule has 100 valence electrons. The summed E-state index contributed by atoms with van der Waals surface area (Å²) in [6.45, 7) is 4.27. The van der Waals surface area contributed by atoms with Crippen LogP contribution in [-0.2, 0) is 0 Å². The molecule has 0 saturated heterocycles. The van der Waals surface area contributed by atoms with Gasteiger partial charge in [0.15, 0.2) is 0 Å². The number of rotatable bonds is 4. The third kappa shape index (κ3) is 2.32. The fourth-order valence-electron chi connectivity index (χ4n) is 2.74. The van der Waals surface area contributed by atoms with Crippen LogP contribution in [0.4, 0.5) is 0 Å². The van der Waals surface area contributed by atoms with Crippen LogP contribution < -0.4 is 9.47 Å². The van der Waals surface area contributed by atoms with Crippen LogP contribution in [0.2, 0.25) is 0 Å². The summed E-state index contributed by atoms with van der Waals surface area (Å²) in [5.41, 5.74) is 0.643. The minimum atomic E-state index is -0.439. The highest BCUT2D eigenvalue weighted by Crippen LogP contribution is 2.44. The second kappa shape index (κ2) is 5.19. The molecule has 0 aromatic heterocycles. The van der Waals surface area contributed by atoms with Crippen LogP contribution in [0.25, 0.3) is 0 Å². The van der Waals surface area contributed by atoms with Crippen molar-refractivity contribution in [1.82, 2.24) is 0 Å². The average molecular weight is 250 g/mol. The Kier molecular flexibility index (Phi) is 3.81. The smallest absolute Gasteiger partial charge is 0.129 e. The minimum absolute atomic E-state index is 0.229. The Bertz CT molecular complexity index is 416. The van der Waals surface area contributed by atoms with E-state index in [2.05, 4.69) is 13.8 Å². The predicted molar refractivity (Wildman–Crippen MR) is 71.1 cm³/mol. The molecule has 2 rings (SSSR count). The highest BCUT2D eigenvalue weighted by Gasteiger charge is 2.38. The van der Waals surface area contributed by atoms with Crippen LogP contribution in [0.1, 0.15) is 51.2 Å². The van der Waals surface area contributed by atoms with Gasteiger partial charge in [-0.2, -0.15) is 0 Å². The molecule has 3 heteroatoms.